The Labute approximate surface area is 300 Å². The first-order valence-corrected chi connectivity index (χ1v) is 13.9. The van der Waals surface area contributed by atoms with Crippen molar-refractivity contribution in [3.8, 4) is 0 Å². The summed E-state index contributed by atoms with van der Waals surface area (Å²) >= 11 is 3.58. The van der Waals surface area contributed by atoms with Gasteiger partial charge >= 0.3 is 17.1 Å². The molecule has 15 heteroatoms. The molecule has 3 amide bonds. The van der Waals surface area contributed by atoms with Gasteiger partial charge in [-0.1, -0.05) is 40.2 Å². The van der Waals surface area contributed by atoms with Crippen LogP contribution in [-0.4, -0.2) is 96.9 Å². The van der Waals surface area contributed by atoms with E-state index in [0.29, 0.717) is 5.82 Å². The number of nitrogens with zero attached hydrogens (tertiary/aromatic N) is 6. The normalized spacial score (nSPS) is 9.61. The Balaban J connectivity index is 0. The summed E-state index contributed by atoms with van der Waals surface area (Å²) in [5.41, 5.74) is 7.82. The molecule has 0 aliphatic heterocycles. The molecule has 0 saturated carbocycles. The van der Waals surface area contributed by atoms with Crippen LogP contribution in [-0.2, 0) is 31.5 Å². The number of H-pyrrole nitrogens is 1. The van der Waals surface area contributed by atoms with Crippen LogP contribution in [0.4, 0.5) is 5.82 Å². The van der Waals surface area contributed by atoms with Gasteiger partial charge in [0, 0.05) is 69.2 Å². The fraction of sp³-hybridized carbons (Fsp3) is 0.226. The van der Waals surface area contributed by atoms with E-state index in [9.17, 15) is 14.4 Å². The van der Waals surface area contributed by atoms with Crippen LogP contribution in [0.25, 0.3) is 32.7 Å². The number of fused-ring (bicyclic) bond motifs is 5. The number of carbonyl (C=O) groups excluding carboxylic acids is 3. The Morgan fingerprint density at radius 2 is 1.37 bits per heavy atom. The van der Waals surface area contributed by atoms with E-state index >= 15 is 0 Å². The number of carbonyl (C=O) groups is 3. The molecule has 0 atom stereocenters. The molecular weight excluding hydrogens is 747 g/mol. The molecule has 0 saturated heterocycles. The molecule has 3 heterocycles. The first kappa shape index (κ1) is 44.4. The number of aromatic nitrogens is 3. The van der Waals surface area contributed by atoms with Gasteiger partial charge in [0.1, 0.15) is 0 Å². The van der Waals surface area contributed by atoms with Crippen molar-refractivity contribution in [2.75, 3.05) is 47.7 Å². The van der Waals surface area contributed by atoms with Gasteiger partial charge in [-0.3, -0.25) is 24.8 Å². The van der Waals surface area contributed by atoms with Gasteiger partial charge in [-0.15, -0.1) is 0 Å². The third kappa shape index (κ3) is 13.7. The number of pyridine rings is 2. The van der Waals surface area contributed by atoms with Crippen LogP contribution >= 0.6 is 15.9 Å². The second-order valence-corrected chi connectivity index (χ2v) is 10.7. The Bertz CT molecular complexity index is 1660. The van der Waals surface area contributed by atoms with Crippen molar-refractivity contribution in [1.82, 2.24) is 29.7 Å². The van der Waals surface area contributed by atoms with Gasteiger partial charge in [-0.2, -0.15) is 5.10 Å². The number of hydrazone groups is 1. The standard InChI is InChI=1S/C22H16BrN5.3C3H7NO.2ClH.Cu/c1-13(17-7-4-5-11-24-17)27-28-22-20-16-12-14(23)9-10-19(16)25-21(20)15-6-2-3-8-18(15)26-22;3*1-4(2)3-5;;;/h2-12,25H,1H3,(H,26,28);3*3H,1-2H3;2*1H;/q;;;;;;+2/p-2/b27-13+;;;;;;. The maximum atomic E-state index is 9.43. The van der Waals surface area contributed by atoms with E-state index in [2.05, 4.69) is 54.6 Å². The van der Waals surface area contributed by atoms with E-state index in [4.69, 9.17) is 4.98 Å². The van der Waals surface area contributed by atoms with E-state index < -0.39 is 0 Å². The minimum absolute atomic E-state index is 0. The first-order chi connectivity index (χ1) is 20.5. The molecule has 5 rings (SSSR count). The molecule has 251 valence electrons. The van der Waals surface area contributed by atoms with Gasteiger partial charge in [-0.05, 0) is 43.3 Å². The molecular formula is C31H37BrCl2CuN8O3. The van der Waals surface area contributed by atoms with E-state index in [1.807, 2.05) is 49.4 Å². The van der Waals surface area contributed by atoms with Gasteiger partial charge < -0.3 is 44.5 Å². The number of para-hydroxylation sites is 1. The molecule has 0 fully saturated rings. The van der Waals surface area contributed by atoms with Gasteiger partial charge in [-0.25, -0.2) is 4.98 Å². The van der Waals surface area contributed by atoms with Crippen molar-refractivity contribution >= 4 is 79.4 Å². The summed E-state index contributed by atoms with van der Waals surface area (Å²) in [4.78, 5) is 45.4. The number of rotatable bonds is 6. The van der Waals surface area contributed by atoms with Crippen LogP contribution < -0.4 is 30.2 Å². The zero-order valence-electron chi connectivity index (χ0n) is 26.4. The average molecular weight is 784 g/mol. The van der Waals surface area contributed by atoms with Crippen LogP contribution in [0.1, 0.15) is 12.6 Å². The van der Waals surface area contributed by atoms with Gasteiger partial charge in [0.05, 0.1) is 27.8 Å². The predicted octanol–water partition coefficient (Wildman–Crippen LogP) is -1.02. The second-order valence-electron chi connectivity index (χ2n) is 9.77. The average Bonchev–Trinajstić information content (AvgIpc) is 3.40. The van der Waals surface area contributed by atoms with Crippen LogP contribution in [0.3, 0.4) is 0 Å². The van der Waals surface area contributed by atoms with Crippen LogP contribution in [0.5, 0.6) is 0 Å². The van der Waals surface area contributed by atoms with Crippen molar-refractivity contribution in [3.05, 3.63) is 77.0 Å². The Morgan fingerprint density at radius 3 is 1.89 bits per heavy atom. The van der Waals surface area contributed by atoms with Crippen molar-refractivity contribution in [2.45, 2.75) is 6.92 Å². The first-order valence-electron chi connectivity index (χ1n) is 13.1. The number of amides is 3. The van der Waals surface area contributed by atoms with E-state index in [-0.39, 0.29) is 41.9 Å². The summed E-state index contributed by atoms with van der Waals surface area (Å²) in [5, 5.41) is 7.74. The number of hydrogen-bond donors (Lipinski definition) is 2. The number of aromatic amines is 1. The number of benzene rings is 2. The van der Waals surface area contributed by atoms with Gasteiger partial charge in [0.2, 0.25) is 19.2 Å². The van der Waals surface area contributed by atoms with Crippen molar-refractivity contribution in [2.24, 2.45) is 5.10 Å². The molecule has 2 N–H and O–H groups in total. The zero-order chi connectivity index (χ0) is 31.9. The molecule has 1 radical (unpaired) electrons. The fourth-order valence-electron chi connectivity index (χ4n) is 3.42. The third-order valence-corrected chi connectivity index (χ3v) is 5.89. The molecule has 3 aromatic heterocycles. The third-order valence-electron chi connectivity index (χ3n) is 5.40. The largest absolute Gasteiger partial charge is 2.00 e. The van der Waals surface area contributed by atoms with E-state index in [1.165, 1.54) is 14.7 Å². The van der Waals surface area contributed by atoms with Crippen LogP contribution in [0.15, 0.2) is 76.4 Å². The molecule has 2 aromatic carbocycles. The topological polar surface area (TPSA) is 127 Å². The molecule has 0 spiro atoms. The molecule has 11 nitrogen and oxygen atoms in total. The van der Waals surface area contributed by atoms with Crippen LogP contribution in [0, 0.1) is 0 Å². The zero-order valence-corrected chi connectivity index (χ0v) is 30.5. The summed E-state index contributed by atoms with van der Waals surface area (Å²) < 4.78 is 1.02. The molecule has 0 aliphatic carbocycles. The molecule has 0 bridgehead atoms. The monoisotopic (exact) mass is 781 g/mol. The quantitative estimate of drug-likeness (QED) is 0.0985. The smallest absolute Gasteiger partial charge is 1.00 e. The molecule has 5 aromatic rings. The molecule has 0 unspecified atom stereocenters. The molecule has 0 aliphatic rings. The summed E-state index contributed by atoms with van der Waals surface area (Å²) in [6, 6.07) is 20.1. The van der Waals surface area contributed by atoms with E-state index in [1.54, 1.807) is 48.5 Å². The maximum absolute atomic E-state index is 9.43. The predicted molar refractivity (Wildman–Crippen MR) is 178 cm³/mol. The summed E-state index contributed by atoms with van der Waals surface area (Å²) in [6.07, 6.45) is 4.01. The number of nitrogens with one attached hydrogen (secondary N) is 2. The SMILES string of the molecule is C/C(=N\Nc1nc2ccccc2c2[nH]c3ccc(Br)cc3c12)c1ccccn1.CN(C)C=O.CN(C)C=O.CN(C)C=O.[Cl-].[Cl-].[Cu+2]. The van der Waals surface area contributed by atoms with Crippen molar-refractivity contribution < 1.29 is 56.3 Å². The Morgan fingerprint density at radius 1 is 0.826 bits per heavy atom. The van der Waals surface area contributed by atoms with Gasteiger partial charge in [0.25, 0.3) is 0 Å². The summed E-state index contributed by atoms with van der Waals surface area (Å²) in [6.45, 7) is 1.93. The Kier molecular flexibility index (Phi) is 21.9. The number of anilines is 1. The van der Waals surface area contributed by atoms with Crippen molar-refractivity contribution in [1.29, 1.82) is 0 Å². The Hall–Kier alpha value is -3.74. The summed E-state index contributed by atoms with van der Waals surface area (Å²) in [7, 11) is 10.1. The van der Waals surface area contributed by atoms with E-state index in [0.717, 1.165) is 67.8 Å². The van der Waals surface area contributed by atoms with Crippen LogP contribution in [0.2, 0.25) is 0 Å². The molecule has 46 heavy (non-hydrogen) atoms. The number of hydrogen-bond acceptors (Lipinski definition) is 7. The number of halogens is 3. The van der Waals surface area contributed by atoms with Crippen molar-refractivity contribution in [3.63, 3.8) is 0 Å². The second kappa shape index (κ2) is 22.7. The maximum Gasteiger partial charge on any atom is 2.00 e. The summed E-state index contributed by atoms with van der Waals surface area (Å²) in [5.74, 6) is 0.716. The van der Waals surface area contributed by atoms with Gasteiger partial charge in [0.15, 0.2) is 5.82 Å². The minimum Gasteiger partial charge on any atom is -1.00 e. The minimum atomic E-state index is 0. The fourth-order valence-corrected chi connectivity index (χ4v) is 3.78.